The summed E-state index contributed by atoms with van der Waals surface area (Å²) in [6.07, 6.45) is 0. The normalized spacial score (nSPS) is 11.4. The Labute approximate surface area is 171 Å². The molecule has 29 heavy (non-hydrogen) atoms. The van der Waals surface area contributed by atoms with Crippen molar-refractivity contribution in [2.45, 2.75) is 13.0 Å². The van der Waals surface area contributed by atoms with Gasteiger partial charge in [0.05, 0.1) is 14.2 Å². The van der Waals surface area contributed by atoms with Gasteiger partial charge in [-0.1, -0.05) is 47.7 Å². The zero-order valence-electron chi connectivity index (χ0n) is 16.1. The Hall–Kier alpha value is -3.46. The summed E-state index contributed by atoms with van der Waals surface area (Å²) in [5.74, 6) is -0.190. The van der Waals surface area contributed by atoms with Crippen molar-refractivity contribution < 1.29 is 19.1 Å². The van der Waals surface area contributed by atoms with Crippen molar-refractivity contribution in [3.63, 3.8) is 0 Å². The van der Waals surface area contributed by atoms with Gasteiger partial charge in [0, 0.05) is 5.56 Å². The van der Waals surface area contributed by atoms with Crippen LogP contribution >= 0.6 is 11.3 Å². The highest BCUT2D eigenvalue weighted by molar-refractivity contribution is 7.18. The fourth-order valence-corrected chi connectivity index (χ4v) is 3.35. The molecular formula is C20H20N4O4S. The van der Waals surface area contributed by atoms with E-state index >= 15 is 0 Å². The average molecular weight is 412 g/mol. The van der Waals surface area contributed by atoms with E-state index in [4.69, 9.17) is 9.47 Å². The third-order valence-electron chi connectivity index (χ3n) is 4.07. The van der Waals surface area contributed by atoms with Gasteiger partial charge in [-0.25, -0.2) is 0 Å². The summed E-state index contributed by atoms with van der Waals surface area (Å²) in [4.78, 5) is 25.2. The Morgan fingerprint density at radius 3 is 2.24 bits per heavy atom. The minimum absolute atomic E-state index is 0.222. The van der Waals surface area contributed by atoms with Gasteiger partial charge in [-0.2, -0.15) is 0 Å². The fourth-order valence-electron chi connectivity index (χ4n) is 2.59. The molecule has 0 saturated carbocycles. The second kappa shape index (κ2) is 9.16. The van der Waals surface area contributed by atoms with Crippen LogP contribution < -0.4 is 20.1 Å². The molecule has 8 nitrogen and oxygen atoms in total. The largest absolute Gasteiger partial charge is 0.496 e. The Morgan fingerprint density at radius 1 is 0.966 bits per heavy atom. The van der Waals surface area contributed by atoms with Gasteiger partial charge in [-0.05, 0) is 19.1 Å². The lowest BCUT2D eigenvalue weighted by molar-refractivity contribution is -0.117. The molecule has 9 heteroatoms. The van der Waals surface area contributed by atoms with Crippen LogP contribution in [-0.4, -0.2) is 42.3 Å². The minimum Gasteiger partial charge on any atom is -0.496 e. The molecule has 2 aromatic carbocycles. The van der Waals surface area contributed by atoms with E-state index in [-0.39, 0.29) is 5.56 Å². The second-order valence-electron chi connectivity index (χ2n) is 6.00. The first-order chi connectivity index (χ1) is 14.0. The van der Waals surface area contributed by atoms with Crippen LogP contribution in [0.1, 0.15) is 17.3 Å². The Morgan fingerprint density at radius 2 is 1.62 bits per heavy atom. The van der Waals surface area contributed by atoms with E-state index in [9.17, 15) is 9.59 Å². The predicted octanol–water partition coefficient (Wildman–Crippen LogP) is 2.98. The molecule has 2 N–H and O–H groups in total. The number of anilines is 1. The molecule has 3 aromatic rings. The molecule has 1 aromatic heterocycles. The van der Waals surface area contributed by atoms with Crippen molar-refractivity contribution >= 4 is 28.3 Å². The molecule has 0 spiro atoms. The third kappa shape index (κ3) is 4.69. The van der Waals surface area contributed by atoms with E-state index in [1.54, 1.807) is 25.1 Å². The highest BCUT2D eigenvalue weighted by atomic mass is 32.1. The van der Waals surface area contributed by atoms with Crippen molar-refractivity contribution in [3.8, 4) is 22.1 Å². The Bertz CT molecular complexity index is 984. The van der Waals surface area contributed by atoms with Crippen molar-refractivity contribution in [2.75, 3.05) is 19.5 Å². The number of aromatic nitrogens is 2. The first kappa shape index (κ1) is 20.3. The van der Waals surface area contributed by atoms with E-state index < -0.39 is 17.9 Å². The van der Waals surface area contributed by atoms with E-state index in [2.05, 4.69) is 20.8 Å². The van der Waals surface area contributed by atoms with Gasteiger partial charge in [-0.3, -0.25) is 14.9 Å². The number of methoxy groups -OCH3 is 2. The lowest BCUT2D eigenvalue weighted by Gasteiger charge is -2.16. The highest BCUT2D eigenvalue weighted by Crippen LogP contribution is 2.28. The Balaban J connectivity index is 1.67. The first-order valence-electron chi connectivity index (χ1n) is 8.75. The molecule has 0 unspecified atom stereocenters. The van der Waals surface area contributed by atoms with Gasteiger partial charge in [0.25, 0.3) is 5.91 Å². The maximum atomic E-state index is 12.7. The number of nitrogens with one attached hydrogen (secondary N) is 2. The van der Waals surface area contributed by atoms with E-state index in [0.29, 0.717) is 21.6 Å². The first-order valence-corrected chi connectivity index (χ1v) is 9.56. The zero-order valence-corrected chi connectivity index (χ0v) is 16.9. The van der Waals surface area contributed by atoms with Gasteiger partial charge in [-0.15, -0.1) is 10.2 Å². The topological polar surface area (TPSA) is 102 Å². The van der Waals surface area contributed by atoms with Crippen molar-refractivity contribution in [2.24, 2.45) is 0 Å². The minimum atomic E-state index is -0.818. The SMILES string of the molecule is COc1cccc(OC)c1C(=O)N[C@@H](C)C(=O)Nc1nnc(-c2ccccc2)s1. The second-order valence-corrected chi connectivity index (χ2v) is 6.98. The van der Waals surface area contributed by atoms with Crippen LogP contribution in [0.5, 0.6) is 11.5 Å². The summed E-state index contributed by atoms with van der Waals surface area (Å²) in [7, 11) is 2.92. The molecular weight excluding hydrogens is 392 g/mol. The van der Waals surface area contributed by atoms with Gasteiger partial charge in [0.15, 0.2) is 0 Å². The van der Waals surface area contributed by atoms with Crippen molar-refractivity contribution in [1.82, 2.24) is 15.5 Å². The number of rotatable bonds is 7. The number of carbonyl (C=O) groups is 2. The summed E-state index contributed by atoms with van der Waals surface area (Å²) >= 11 is 1.25. The number of ether oxygens (including phenoxy) is 2. The maximum absolute atomic E-state index is 12.7. The number of carbonyl (C=O) groups excluding carboxylic acids is 2. The lowest BCUT2D eigenvalue weighted by Crippen LogP contribution is -2.41. The summed E-state index contributed by atoms with van der Waals surface area (Å²) in [6, 6.07) is 13.7. The van der Waals surface area contributed by atoms with Crippen LogP contribution in [-0.2, 0) is 4.79 Å². The summed E-state index contributed by atoms with van der Waals surface area (Å²) in [5.41, 5.74) is 1.13. The van der Waals surface area contributed by atoms with Gasteiger partial charge >= 0.3 is 0 Å². The molecule has 0 aliphatic rings. The fraction of sp³-hybridized carbons (Fsp3) is 0.200. The quantitative estimate of drug-likeness (QED) is 0.619. The van der Waals surface area contributed by atoms with Crippen LogP contribution in [0.4, 0.5) is 5.13 Å². The molecule has 1 heterocycles. The number of hydrogen-bond acceptors (Lipinski definition) is 7. The maximum Gasteiger partial charge on any atom is 0.259 e. The predicted molar refractivity (Wildman–Crippen MR) is 110 cm³/mol. The van der Waals surface area contributed by atoms with Crippen LogP contribution in [0.15, 0.2) is 48.5 Å². The van der Waals surface area contributed by atoms with Gasteiger partial charge in [0.2, 0.25) is 11.0 Å². The molecule has 2 amide bonds. The zero-order chi connectivity index (χ0) is 20.8. The number of nitrogens with zero attached hydrogens (tertiary/aromatic N) is 2. The standard InChI is InChI=1S/C20H20N4O4S/c1-12(21-18(26)16-14(27-2)10-7-11-15(16)28-3)17(25)22-20-24-23-19(29-20)13-8-5-4-6-9-13/h4-12H,1-3H3,(H,21,26)(H,22,24,25)/t12-/m0/s1. The van der Waals surface area contributed by atoms with Crippen LogP contribution in [0.2, 0.25) is 0 Å². The number of benzene rings is 2. The van der Waals surface area contributed by atoms with Crippen molar-refractivity contribution in [1.29, 1.82) is 0 Å². The van der Waals surface area contributed by atoms with E-state index in [0.717, 1.165) is 5.56 Å². The molecule has 0 saturated heterocycles. The lowest BCUT2D eigenvalue weighted by atomic mass is 10.1. The third-order valence-corrected chi connectivity index (χ3v) is 4.96. The molecule has 3 rings (SSSR count). The van der Waals surface area contributed by atoms with Crippen LogP contribution in [0.25, 0.3) is 10.6 Å². The van der Waals surface area contributed by atoms with E-state index in [1.165, 1.54) is 25.6 Å². The molecule has 0 aliphatic carbocycles. The smallest absolute Gasteiger partial charge is 0.259 e. The summed E-state index contributed by atoms with van der Waals surface area (Å²) < 4.78 is 10.5. The summed E-state index contributed by atoms with van der Waals surface area (Å²) in [5, 5.41) is 14.4. The van der Waals surface area contributed by atoms with Crippen LogP contribution in [0, 0.1) is 0 Å². The van der Waals surface area contributed by atoms with E-state index in [1.807, 2.05) is 30.3 Å². The summed E-state index contributed by atoms with van der Waals surface area (Å²) in [6.45, 7) is 1.58. The van der Waals surface area contributed by atoms with Gasteiger partial charge < -0.3 is 14.8 Å². The highest BCUT2D eigenvalue weighted by Gasteiger charge is 2.23. The van der Waals surface area contributed by atoms with Crippen molar-refractivity contribution in [3.05, 3.63) is 54.1 Å². The molecule has 150 valence electrons. The monoisotopic (exact) mass is 412 g/mol. The molecule has 0 aliphatic heterocycles. The average Bonchev–Trinajstić information content (AvgIpc) is 3.22. The van der Waals surface area contributed by atoms with Gasteiger partial charge in [0.1, 0.15) is 28.1 Å². The Kier molecular flexibility index (Phi) is 6.40. The number of amides is 2. The molecule has 0 radical (unpaired) electrons. The molecule has 0 bridgehead atoms. The number of hydrogen-bond donors (Lipinski definition) is 2. The molecule has 0 fully saturated rings. The van der Waals surface area contributed by atoms with Crippen LogP contribution in [0.3, 0.4) is 0 Å². The molecule has 1 atom stereocenters.